The molecular formula is C12H18O10. The Kier molecular flexibility index (Phi) is 9.46. The Balaban J connectivity index is 4.31. The van der Waals surface area contributed by atoms with Gasteiger partial charge in [0.15, 0.2) is 12.2 Å². The monoisotopic (exact) mass is 322 g/mol. The second kappa shape index (κ2) is 10.5. The van der Waals surface area contributed by atoms with E-state index in [1.54, 1.807) is 0 Å². The fourth-order valence-electron chi connectivity index (χ4n) is 1.44. The van der Waals surface area contributed by atoms with Crippen LogP contribution in [0.1, 0.15) is 38.5 Å². The Morgan fingerprint density at radius 1 is 0.682 bits per heavy atom. The van der Waals surface area contributed by atoms with Crippen LogP contribution < -0.4 is 0 Å². The topological polar surface area (TPSA) is 168 Å². The SMILES string of the molecule is O=C(O)CCCC(OOC(CCCC(=O)O)C(=O)O)C(=O)O. The molecule has 0 heterocycles. The van der Waals surface area contributed by atoms with Crippen molar-refractivity contribution in [2.45, 2.75) is 50.7 Å². The summed E-state index contributed by atoms with van der Waals surface area (Å²) in [6, 6.07) is 0. The molecule has 0 radical (unpaired) electrons. The standard InChI is InChI=1S/C12H18O10/c13-9(14)5-1-3-7(11(17)18)21-22-8(12(19)20)4-2-6-10(15)16/h7-8H,1-6H2,(H,13,14)(H,15,16)(H,17,18)(H,19,20). The smallest absolute Gasteiger partial charge is 0.336 e. The number of aliphatic carboxylic acids is 4. The van der Waals surface area contributed by atoms with Crippen molar-refractivity contribution < 1.29 is 49.4 Å². The molecule has 0 aromatic heterocycles. The quantitative estimate of drug-likeness (QED) is 0.274. The molecule has 2 atom stereocenters. The molecule has 0 aromatic carbocycles. The lowest BCUT2D eigenvalue weighted by Gasteiger charge is -2.16. The largest absolute Gasteiger partial charge is 0.481 e. The number of carbonyl (C=O) groups is 4. The summed E-state index contributed by atoms with van der Waals surface area (Å²) < 4.78 is 0. The van der Waals surface area contributed by atoms with Crippen molar-refractivity contribution in [3.8, 4) is 0 Å². The maximum absolute atomic E-state index is 10.9. The van der Waals surface area contributed by atoms with E-state index in [-0.39, 0.29) is 38.5 Å². The average Bonchev–Trinajstić information content (AvgIpc) is 2.38. The van der Waals surface area contributed by atoms with Gasteiger partial charge in [0.2, 0.25) is 0 Å². The Morgan fingerprint density at radius 3 is 1.23 bits per heavy atom. The van der Waals surface area contributed by atoms with Gasteiger partial charge in [0.1, 0.15) is 0 Å². The molecule has 0 bridgehead atoms. The molecule has 4 N–H and O–H groups in total. The fraction of sp³-hybridized carbons (Fsp3) is 0.667. The van der Waals surface area contributed by atoms with Crippen LogP contribution in [0.15, 0.2) is 0 Å². The third-order valence-electron chi connectivity index (χ3n) is 2.55. The average molecular weight is 322 g/mol. The summed E-state index contributed by atoms with van der Waals surface area (Å²) in [6.07, 6.45) is -3.80. The van der Waals surface area contributed by atoms with Crippen molar-refractivity contribution in [1.29, 1.82) is 0 Å². The number of hydrogen-bond donors (Lipinski definition) is 4. The minimum absolute atomic E-state index is 0.0203. The van der Waals surface area contributed by atoms with Crippen LogP contribution in [0.2, 0.25) is 0 Å². The predicted octanol–water partition coefficient (Wildman–Crippen LogP) is 0.351. The number of carboxylic acid groups (broad SMARTS) is 4. The zero-order valence-corrected chi connectivity index (χ0v) is 11.6. The van der Waals surface area contributed by atoms with Crippen molar-refractivity contribution in [2.24, 2.45) is 0 Å². The Labute approximate surface area is 125 Å². The van der Waals surface area contributed by atoms with Crippen LogP contribution in [0.25, 0.3) is 0 Å². The minimum Gasteiger partial charge on any atom is -0.481 e. The highest BCUT2D eigenvalue weighted by atomic mass is 17.2. The van der Waals surface area contributed by atoms with E-state index in [2.05, 4.69) is 9.78 Å². The van der Waals surface area contributed by atoms with E-state index in [1.807, 2.05) is 0 Å². The molecule has 0 amide bonds. The second-order valence-electron chi connectivity index (χ2n) is 4.42. The highest BCUT2D eigenvalue weighted by Crippen LogP contribution is 2.11. The van der Waals surface area contributed by atoms with Gasteiger partial charge in [-0.2, -0.15) is 0 Å². The lowest BCUT2D eigenvalue weighted by Crippen LogP contribution is -2.30. The maximum atomic E-state index is 10.9. The maximum Gasteiger partial charge on any atom is 0.336 e. The van der Waals surface area contributed by atoms with Crippen molar-refractivity contribution in [3.05, 3.63) is 0 Å². The van der Waals surface area contributed by atoms with Gasteiger partial charge in [0.05, 0.1) is 0 Å². The molecule has 126 valence electrons. The highest BCUT2D eigenvalue weighted by Gasteiger charge is 2.25. The van der Waals surface area contributed by atoms with E-state index in [4.69, 9.17) is 20.4 Å². The van der Waals surface area contributed by atoms with Crippen molar-refractivity contribution in [2.75, 3.05) is 0 Å². The summed E-state index contributed by atoms with van der Waals surface area (Å²) in [6.45, 7) is 0. The Bertz CT molecular complexity index is 367. The summed E-state index contributed by atoms with van der Waals surface area (Å²) in [4.78, 5) is 51.5. The third kappa shape index (κ3) is 9.66. The molecule has 2 unspecified atom stereocenters. The zero-order chi connectivity index (χ0) is 17.1. The molecule has 22 heavy (non-hydrogen) atoms. The molecule has 0 spiro atoms. The molecule has 0 fully saturated rings. The van der Waals surface area contributed by atoms with Gasteiger partial charge in [-0.15, -0.1) is 0 Å². The van der Waals surface area contributed by atoms with Crippen molar-refractivity contribution >= 4 is 23.9 Å². The van der Waals surface area contributed by atoms with Gasteiger partial charge < -0.3 is 20.4 Å². The van der Waals surface area contributed by atoms with E-state index in [1.165, 1.54) is 0 Å². The predicted molar refractivity (Wildman–Crippen MR) is 68.0 cm³/mol. The van der Waals surface area contributed by atoms with E-state index >= 15 is 0 Å². The summed E-state index contributed by atoms with van der Waals surface area (Å²) in [7, 11) is 0. The Hall–Kier alpha value is -2.20. The fourth-order valence-corrected chi connectivity index (χ4v) is 1.44. The first-order valence-corrected chi connectivity index (χ1v) is 6.45. The van der Waals surface area contributed by atoms with Crippen LogP contribution in [0.5, 0.6) is 0 Å². The zero-order valence-electron chi connectivity index (χ0n) is 11.6. The molecule has 0 aliphatic rings. The highest BCUT2D eigenvalue weighted by molar-refractivity contribution is 5.73. The summed E-state index contributed by atoms with van der Waals surface area (Å²) in [5.41, 5.74) is 0. The minimum atomic E-state index is -1.50. The van der Waals surface area contributed by atoms with Crippen LogP contribution in [0.4, 0.5) is 0 Å². The second-order valence-corrected chi connectivity index (χ2v) is 4.42. The van der Waals surface area contributed by atoms with Crippen LogP contribution in [-0.2, 0) is 29.0 Å². The molecule has 0 aliphatic carbocycles. The van der Waals surface area contributed by atoms with Crippen LogP contribution in [0.3, 0.4) is 0 Å². The third-order valence-corrected chi connectivity index (χ3v) is 2.55. The Morgan fingerprint density at radius 2 is 1.00 bits per heavy atom. The molecule has 10 heteroatoms. The first kappa shape index (κ1) is 19.8. The lowest BCUT2D eigenvalue weighted by molar-refractivity contribution is -0.343. The first-order chi connectivity index (χ1) is 10.2. The van der Waals surface area contributed by atoms with Gasteiger partial charge in [0.25, 0.3) is 0 Å². The summed E-state index contributed by atoms with van der Waals surface area (Å²) >= 11 is 0. The molecule has 0 aromatic rings. The van der Waals surface area contributed by atoms with Gasteiger partial charge in [-0.3, -0.25) is 9.59 Å². The van der Waals surface area contributed by atoms with Gasteiger partial charge in [-0.25, -0.2) is 19.4 Å². The van der Waals surface area contributed by atoms with Crippen molar-refractivity contribution in [3.63, 3.8) is 0 Å². The van der Waals surface area contributed by atoms with Crippen LogP contribution in [-0.4, -0.2) is 56.5 Å². The normalized spacial score (nSPS) is 13.3. The van der Waals surface area contributed by atoms with Gasteiger partial charge in [-0.05, 0) is 25.7 Å². The molecule has 0 saturated heterocycles. The molecule has 10 nitrogen and oxygen atoms in total. The number of rotatable bonds is 13. The van der Waals surface area contributed by atoms with E-state index in [9.17, 15) is 19.2 Å². The first-order valence-electron chi connectivity index (χ1n) is 6.45. The number of hydrogen-bond acceptors (Lipinski definition) is 6. The van der Waals surface area contributed by atoms with Gasteiger partial charge in [0, 0.05) is 12.8 Å². The summed E-state index contributed by atoms with van der Waals surface area (Å²) in [5.74, 6) is -5.02. The molecule has 0 rings (SSSR count). The molecule has 0 saturated carbocycles. The number of carboxylic acids is 4. The van der Waals surface area contributed by atoms with E-state index < -0.39 is 36.1 Å². The van der Waals surface area contributed by atoms with Crippen LogP contribution >= 0.6 is 0 Å². The molecular weight excluding hydrogens is 304 g/mol. The van der Waals surface area contributed by atoms with Gasteiger partial charge in [-0.1, -0.05) is 0 Å². The van der Waals surface area contributed by atoms with E-state index in [0.29, 0.717) is 0 Å². The van der Waals surface area contributed by atoms with Crippen molar-refractivity contribution in [1.82, 2.24) is 0 Å². The van der Waals surface area contributed by atoms with Gasteiger partial charge >= 0.3 is 23.9 Å². The molecule has 0 aliphatic heterocycles. The van der Waals surface area contributed by atoms with Crippen LogP contribution in [0, 0.1) is 0 Å². The summed E-state index contributed by atoms with van der Waals surface area (Å²) in [5, 5.41) is 34.6. The lowest BCUT2D eigenvalue weighted by atomic mass is 10.1. The van der Waals surface area contributed by atoms with E-state index in [0.717, 1.165) is 0 Å².